The van der Waals surface area contributed by atoms with Crippen LogP contribution in [-0.2, 0) is 11.3 Å². The summed E-state index contributed by atoms with van der Waals surface area (Å²) in [4.78, 5) is 0. The van der Waals surface area contributed by atoms with E-state index in [2.05, 4.69) is 31.0 Å². The molecule has 0 aliphatic heterocycles. The highest BCUT2D eigenvalue weighted by molar-refractivity contribution is 5.13. The van der Waals surface area contributed by atoms with Gasteiger partial charge in [-0.25, -0.2) is 0 Å². The summed E-state index contributed by atoms with van der Waals surface area (Å²) >= 11 is 0. The number of hydrogen-bond donors (Lipinski definition) is 1. The van der Waals surface area contributed by atoms with E-state index in [0.717, 1.165) is 26.0 Å². The fourth-order valence-corrected chi connectivity index (χ4v) is 1.58. The molecule has 0 saturated carbocycles. The third kappa shape index (κ3) is 6.93. The maximum atomic E-state index is 5.66. The molecular formula is C15H23NO. The fourth-order valence-electron chi connectivity index (χ4n) is 1.58. The molecule has 1 atom stereocenters. The van der Waals surface area contributed by atoms with Crippen LogP contribution in [0.2, 0.25) is 0 Å². The van der Waals surface area contributed by atoms with Gasteiger partial charge in [-0.05, 0) is 31.9 Å². The van der Waals surface area contributed by atoms with Gasteiger partial charge in [0.05, 0.1) is 13.2 Å². The highest BCUT2D eigenvalue weighted by Gasteiger charge is 2.00. The summed E-state index contributed by atoms with van der Waals surface area (Å²) < 4.78 is 5.66. The molecule has 94 valence electrons. The van der Waals surface area contributed by atoms with Gasteiger partial charge in [-0.3, -0.25) is 0 Å². The molecule has 1 aromatic carbocycles. The first-order valence-electron chi connectivity index (χ1n) is 6.29. The Morgan fingerprint density at radius 2 is 2.12 bits per heavy atom. The van der Waals surface area contributed by atoms with Crippen molar-refractivity contribution in [2.75, 3.05) is 13.2 Å². The summed E-state index contributed by atoms with van der Waals surface area (Å²) in [5.41, 5.74) is 1.23. The lowest BCUT2D eigenvalue weighted by atomic mass is 10.2. The van der Waals surface area contributed by atoms with E-state index in [9.17, 15) is 0 Å². The Labute approximate surface area is 105 Å². The summed E-state index contributed by atoms with van der Waals surface area (Å²) in [6.45, 7) is 8.34. The Bertz CT molecular complexity index is 297. The van der Waals surface area contributed by atoms with E-state index in [1.165, 1.54) is 5.56 Å². The molecule has 0 saturated heterocycles. The zero-order valence-electron chi connectivity index (χ0n) is 10.7. The number of allylic oxidation sites excluding steroid dienone is 1. The Hall–Kier alpha value is -1.12. The lowest BCUT2D eigenvalue weighted by molar-refractivity contribution is 0.103. The predicted molar refractivity (Wildman–Crippen MR) is 73.0 cm³/mol. The zero-order valence-corrected chi connectivity index (χ0v) is 10.7. The number of rotatable bonds is 9. The molecular weight excluding hydrogens is 210 g/mol. The first-order chi connectivity index (χ1) is 8.33. The van der Waals surface area contributed by atoms with E-state index in [1.54, 1.807) is 0 Å². The molecule has 1 unspecified atom stereocenters. The van der Waals surface area contributed by atoms with Crippen molar-refractivity contribution in [3.05, 3.63) is 48.6 Å². The summed E-state index contributed by atoms with van der Waals surface area (Å²) in [6.07, 6.45) is 4.18. The molecule has 0 aliphatic rings. The van der Waals surface area contributed by atoms with E-state index < -0.39 is 0 Å². The van der Waals surface area contributed by atoms with Crippen LogP contribution < -0.4 is 5.32 Å². The van der Waals surface area contributed by atoms with Crippen LogP contribution in [0.1, 0.15) is 25.3 Å². The second-order valence-electron chi connectivity index (χ2n) is 4.29. The van der Waals surface area contributed by atoms with Gasteiger partial charge in [-0.1, -0.05) is 36.4 Å². The van der Waals surface area contributed by atoms with Crippen molar-refractivity contribution in [1.82, 2.24) is 5.32 Å². The largest absolute Gasteiger partial charge is 0.375 e. The molecule has 2 heteroatoms. The molecule has 0 amide bonds. The summed E-state index contributed by atoms with van der Waals surface area (Å²) in [5, 5.41) is 3.43. The molecule has 0 spiro atoms. The minimum Gasteiger partial charge on any atom is -0.375 e. The van der Waals surface area contributed by atoms with E-state index in [0.29, 0.717) is 12.6 Å². The van der Waals surface area contributed by atoms with Gasteiger partial charge in [0.2, 0.25) is 0 Å². The molecule has 0 heterocycles. The van der Waals surface area contributed by atoms with Gasteiger partial charge >= 0.3 is 0 Å². The van der Waals surface area contributed by atoms with Crippen LogP contribution >= 0.6 is 0 Å². The van der Waals surface area contributed by atoms with Gasteiger partial charge < -0.3 is 10.1 Å². The maximum absolute atomic E-state index is 5.66. The van der Waals surface area contributed by atoms with E-state index in [4.69, 9.17) is 4.74 Å². The van der Waals surface area contributed by atoms with Crippen molar-refractivity contribution in [1.29, 1.82) is 0 Å². The highest BCUT2D eigenvalue weighted by atomic mass is 16.5. The summed E-state index contributed by atoms with van der Waals surface area (Å²) in [6, 6.07) is 10.7. The van der Waals surface area contributed by atoms with Crippen molar-refractivity contribution in [2.24, 2.45) is 0 Å². The molecule has 1 rings (SSSR count). The zero-order chi connectivity index (χ0) is 12.3. The van der Waals surface area contributed by atoms with Gasteiger partial charge in [0.15, 0.2) is 0 Å². The molecule has 0 aromatic heterocycles. The van der Waals surface area contributed by atoms with Gasteiger partial charge in [-0.15, -0.1) is 6.58 Å². The average Bonchev–Trinajstić information content (AvgIpc) is 2.36. The minimum absolute atomic E-state index is 0.406. The van der Waals surface area contributed by atoms with Crippen LogP contribution in [-0.4, -0.2) is 19.2 Å². The SMILES string of the molecule is C=CCCCNC(C)COCc1ccccc1. The molecule has 0 radical (unpaired) electrons. The highest BCUT2D eigenvalue weighted by Crippen LogP contribution is 2.00. The Balaban J connectivity index is 2.04. The number of hydrogen-bond acceptors (Lipinski definition) is 2. The summed E-state index contributed by atoms with van der Waals surface area (Å²) in [5.74, 6) is 0. The van der Waals surface area contributed by atoms with Crippen LogP contribution in [0.5, 0.6) is 0 Å². The van der Waals surface area contributed by atoms with Crippen LogP contribution in [0.4, 0.5) is 0 Å². The van der Waals surface area contributed by atoms with Crippen LogP contribution in [0, 0.1) is 0 Å². The molecule has 1 aromatic rings. The lowest BCUT2D eigenvalue weighted by Gasteiger charge is -2.13. The predicted octanol–water partition coefficient (Wildman–Crippen LogP) is 3.15. The smallest absolute Gasteiger partial charge is 0.0717 e. The number of ether oxygens (including phenoxy) is 1. The normalized spacial score (nSPS) is 12.3. The van der Waals surface area contributed by atoms with Crippen molar-refractivity contribution < 1.29 is 4.74 Å². The van der Waals surface area contributed by atoms with E-state index >= 15 is 0 Å². The molecule has 0 bridgehead atoms. The molecule has 0 aliphatic carbocycles. The number of nitrogens with one attached hydrogen (secondary N) is 1. The second kappa shape index (κ2) is 8.97. The quantitative estimate of drug-likeness (QED) is 0.522. The molecule has 17 heavy (non-hydrogen) atoms. The average molecular weight is 233 g/mol. The Kier molecular flexibility index (Phi) is 7.35. The standard InChI is InChI=1S/C15H23NO/c1-3-4-8-11-16-14(2)12-17-13-15-9-6-5-7-10-15/h3,5-7,9-10,14,16H,1,4,8,11-13H2,2H3. The Morgan fingerprint density at radius 1 is 1.35 bits per heavy atom. The van der Waals surface area contributed by atoms with Crippen molar-refractivity contribution >= 4 is 0 Å². The number of benzene rings is 1. The molecule has 2 nitrogen and oxygen atoms in total. The first kappa shape index (κ1) is 13.9. The van der Waals surface area contributed by atoms with Crippen LogP contribution in [0.25, 0.3) is 0 Å². The van der Waals surface area contributed by atoms with Gasteiger partial charge in [0.25, 0.3) is 0 Å². The van der Waals surface area contributed by atoms with Gasteiger partial charge in [0.1, 0.15) is 0 Å². The molecule has 0 fully saturated rings. The Morgan fingerprint density at radius 3 is 2.82 bits per heavy atom. The second-order valence-corrected chi connectivity index (χ2v) is 4.29. The van der Waals surface area contributed by atoms with E-state index in [1.807, 2.05) is 24.3 Å². The van der Waals surface area contributed by atoms with Crippen molar-refractivity contribution in [3.8, 4) is 0 Å². The number of unbranched alkanes of at least 4 members (excludes halogenated alkanes) is 1. The van der Waals surface area contributed by atoms with Crippen LogP contribution in [0.15, 0.2) is 43.0 Å². The van der Waals surface area contributed by atoms with Crippen molar-refractivity contribution in [3.63, 3.8) is 0 Å². The minimum atomic E-state index is 0.406. The first-order valence-corrected chi connectivity index (χ1v) is 6.29. The molecule has 1 N–H and O–H groups in total. The summed E-state index contributed by atoms with van der Waals surface area (Å²) in [7, 11) is 0. The third-order valence-electron chi connectivity index (χ3n) is 2.56. The van der Waals surface area contributed by atoms with Crippen LogP contribution in [0.3, 0.4) is 0 Å². The monoisotopic (exact) mass is 233 g/mol. The van der Waals surface area contributed by atoms with E-state index in [-0.39, 0.29) is 0 Å². The van der Waals surface area contributed by atoms with Gasteiger partial charge in [-0.2, -0.15) is 0 Å². The maximum Gasteiger partial charge on any atom is 0.0717 e. The fraction of sp³-hybridized carbons (Fsp3) is 0.467. The van der Waals surface area contributed by atoms with Crippen molar-refractivity contribution in [2.45, 2.75) is 32.4 Å². The third-order valence-corrected chi connectivity index (χ3v) is 2.56. The van der Waals surface area contributed by atoms with Gasteiger partial charge in [0, 0.05) is 6.04 Å². The topological polar surface area (TPSA) is 21.3 Å². The lowest BCUT2D eigenvalue weighted by Crippen LogP contribution is -2.31.